The number of aliphatic hydroxyl groups is 1. The molecule has 1 unspecified atom stereocenters. The summed E-state index contributed by atoms with van der Waals surface area (Å²) >= 11 is 0. The zero-order valence-corrected chi connectivity index (χ0v) is 20.3. The summed E-state index contributed by atoms with van der Waals surface area (Å²) in [5.41, 5.74) is 6.39. The fourth-order valence-electron chi connectivity index (χ4n) is 4.45. The molecule has 1 heterocycles. The van der Waals surface area contributed by atoms with Crippen LogP contribution in [0.4, 0.5) is 10.1 Å². The van der Waals surface area contributed by atoms with Crippen molar-refractivity contribution in [2.45, 2.75) is 58.2 Å². The Balaban J connectivity index is 2.19. The maximum absolute atomic E-state index is 14.0. The van der Waals surface area contributed by atoms with E-state index in [9.17, 15) is 19.1 Å². The number of unbranched alkanes of at least 4 members (excludes halogenated alkanes) is 1. The first kappa shape index (κ1) is 25.7. The van der Waals surface area contributed by atoms with Gasteiger partial charge in [-0.15, -0.1) is 0 Å². The van der Waals surface area contributed by atoms with Crippen molar-refractivity contribution in [3.8, 4) is 0 Å². The molecule has 0 saturated carbocycles. The number of carbonyl (C=O) groups is 2. The third-order valence-corrected chi connectivity index (χ3v) is 6.31. The van der Waals surface area contributed by atoms with Crippen LogP contribution in [0, 0.1) is 17.7 Å². The van der Waals surface area contributed by atoms with E-state index in [2.05, 4.69) is 4.99 Å². The second-order valence-electron chi connectivity index (χ2n) is 9.42. The molecule has 0 bridgehead atoms. The van der Waals surface area contributed by atoms with Gasteiger partial charge in [0.25, 0.3) is 5.91 Å². The van der Waals surface area contributed by atoms with Crippen LogP contribution in [0.25, 0.3) is 0 Å². The van der Waals surface area contributed by atoms with Gasteiger partial charge in [-0.3, -0.25) is 15.3 Å². The average Bonchev–Trinajstić information content (AvgIpc) is 2.91. The second-order valence-corrected chi connectivity index (χ2v) is 9.42. The van der Waals surface area contributed by atoms with Crippen LogP contribution in [0.5, 0.6) is 0 Å². The lowest BCUT2D eigenvalue weighted by Crippen LogP contribution is -2.61. The maximum atomic E-state index is 14.0. The molecule has 1 aliphatic heterocycles. The van der Waals surface area contributed by atoms with E-state index in [1.807, 2.05) is 20.8 Å². The number of para-hydroxylation sites is 1. The lowest BCUT2D eigenvalue weighted by atomic mass is 9.81. The van der Waals surface area contributed by atoms with Crippen molar-refractivity contribution in [2.24, 2.45) is 22.6 Å². The summed E-state index contributed by atoms with van der Waals surface area (Å²) < 4.78 is 13.6. The molecule has 1 aliphatic rings. The van der Waals surface area contributed by atoms with Crippen LogP contribution < -0.4 is 10.6 Å². The van der Waals surface area contributed by atoms with Gasteiger partial charge in [0.2, 0.25) is 5.66 Å². The lowest BCUT2D eigenvalue weighted by molar-refractivity contribution is -0.139. The highest BCUT2D eigenvalue weighted by atomic mass is 19.1. The SMILES string of the molecule is CCCC[C@H](O)[C@@H](CC(C)C)C(=O)C1(N)N=C(c2ccc(F)cc2)c2ccccc2N(C)C1=O. The fourth-order valence-corrected chi connectivity index (χ4v) is 4.45. The van der Waals surface area contributed by atoms with Crippen molar-refractivity contribution < 1.29 is 19.1 Å². The van der Waals surface area contributed by atoms with E-state index in [0.717, 1.165) is 12.8 Å². The Kier molecular flexibility index (Phi) is 8.00. The minimum atomic E-state index is -2.23. The number of amides is 1. The van der Waals surface area contributed by atoms with E-state index in [1.54, 1.807) is 43.4 Å². The topological polar surface area (TPSA) is 96.0 Å². The zero-order chi connectivity index (χ0) is 25.0. The molecule has 7 heteroatoms. The van der Waals surface area contributed by atoms with Crippen LogP contribution >= 0.6 is 0 Å². The van der Waals surface area contributed by atoms with Gasteiger partial charge in [0.05, 0.1) is 17.5 Å². The van der Waals surface area contributed by atoms with Gasteiger partial charge >= 0.3 is 0 Å². The number of hydrogen-bond acceptors (Lipinski definition) is 5. The smallest absolute Gasteiger partial charge is 0.277 e. The van der Waals surface area contributed by atoms with Gasteiger partial charge in [-0.2, -0.15) is 0 Å². The first-order valence-corrected chi connectivity index (χ1v) is 11.8. The summed E-state index contributed by atoms with van der Waals surface area (Å²) in [7, 11) is 1.56. The molecule has 6 nitrogen and oxygen atoms in total. The Labute approximate surface area is 200 Å². The van der Waals surface area contributed by atoms with Crippen molar-refractivity contribution in [3.05, 3.63) is 65.5 Å². The van der Waals surface area contributed by atoms with Gasteiger partial charge in [0.1, 0.15) is 5.82 Å². The number of nitrogens with zero attached hydrogens (tertiary/aromatic N) is 2. The summed E-state index contributed by atoms with van der Waals surface area (Å²) in [6.07, 6.45) is 1.52. The molecule has 2 aromatic carbocycles. The molecule has 2 aromatic rings. The van der Waals surface area contributed by atoms with Crippen molar-refractivity contribution in [1.82, 2.24) is 0 Å². The Hall–Kier alpha value is -2.90. The summed E-state index contributed by atoms with van der Waals surface area (Å²) in [6.45, 7) is 5.93. The van der Waals surface area contributed by atoms with Crippen molar-refractivity contribution in [1.29, 1.82) is 0 Å². The van der Waals surface area contributed by atoms with E-state index in [4.69, 9.17) is 5.73 Å². The highest BCUT2D eigenvalue weighted by Gasteiger charge is 2.50. The molecule has 0 spiro atoms. The number of benzodiazepines with no additional fused rings is 1. The quantitative estimate of drug-likeness (QED) is 0.543. The van der Waals surface area contributed by atoms with E-state index in [1.165, 1.54) is 17.0 Å². The van der Waals surface area contributed by atoms with Gasteiger partial charge in [0.15, 0.2) is 5.78 Å². The maximum Gasteiger partial charge on any atom is 0.277 e. The van der Waals surface area contributed by atoms with Crippen LogP contribution in [0.1, 0.15) is 57.6 Å². The molecule has 0 aliphatic carbocycles. The minimum absolute atomic E-state index is 0.102. The molecule has 3 N–H and O–H groups in total. The standard InChI is InChI=1S/C27H34FN3O3/c1-5-6-11-23(32)21(16-17(2)3)25(33)27(29)26(34)31(4)22-10-8-7-9-20(22)24(30-27)18-12-14-19(28)15-13-18/h7-10,12-15,17,21,23,32H,5-6,11,16,29H2,1-4H3/t21-,23+,27?/m1/s1. The number of halogens is 1. The molecule has 0 saturated heterocycles. The third kappa shape index (κ3) is 5.10. The Morgan fingerprint density at radius 3 is 2.44 bits per heavy atom. The molecule has 3 rings (SSSR count). The van der Waals surface area contributed by atoms with Crippen LogP contribution in [0.3, 0.4) is 0 Å². The summed E-state index contributed by atoms with van der Waals surface area (Å²) in [5.74, 6) is -2.42. The number of likely N-dealkylation sites (N-methyl/N-ethyl adjacent to an activating group) is 1. The highest BCUT2D eigenvalue weighted by Crippen LogP contribution is 2.33. The van der Waals surface area contributed by atoms with Crippen LogP contribution in [0.2, 0.25) is 0 Å². The number of Topliss-reactive ketones (excluding diaryl/α,β-unsaturated/α-hetero) is 1. The first-order valence-electron chi connectivity index (χ1n) is 11.8. The Morgan fingerprint density at radius 1 is 1.18 bits per heavy atom. The van der Waals surface area contributed by atoms with Crippen LogP contribution in [0.15, 0.2) is 53.5 Å². The van der Waals surface area contributed by atoms with Crippen LogP contribution in [-0.2, 0) is 9.59 Å². The molecular formula is C27H34FN3O3. The number of ketones is 1. The summed E-state index contributed by atoms with van der Waals surface area (Å²) in [5, 5.41) is 10.9. The molecular weight excluding hydrogens is 433 g/mol. The lowest BCUT2D eigenvalue weighted by Gasteiger charge is -2.32. The number of fused-ring (bicyclic) bond motifs is 1. The predicted octanol–water partition coefficient (Wildman–Crippen LogP) is 4.08. The number of nitrogens with two attached hydrogens (primary N) is 1. The first-order chi connectivity index (χ1) is 16.1. The molecule has 3 atom stereocenters. The monoisotopic (exact) mass is 467 g/mol. The van der Waals surface area contributed by atoms with Crippen LogP contribution in [-0.4, -0.2) is 41.3 Å². The molecule has 0 fully saturated rings. The number of anilines is 1. The number of aliphatic imine (C=N–C) groups is 1. The highest BCUT2D eigenvalue weighted by molar-refractivity contribution is 6.26. The number of aliphatic hydroxyl groups excluding tert-OH is 1. The number of rotatable bonds is 9. The van der Waals surface area contributed by atoms with Crippen molar-refractivity contribution >= 4 is 23.1 Å². The largest absolute Gasteiger partial charge is 0.392 e. The zero-order valence-electron chi connectivity index (χ0n) is 20.3. The van der Waals surface area contributed by atoms with Gasteiger partial charge in [0, 0.05) is 24.1 Å². The molecule has 182 valence electrons. The molecule has 34 heavy (non-hydrogen) atoms. The summed E-state index contributed by atoms with van der Waals surface area (Å²) in [6, 6.07) is 12.8. The number of benzene rings is 2. The van der Waals surface area contributed by atoms with Crippen molar-refractivity contribution in [3.63, 3.8) is 0 Å². The van der Waals surface area contributed by atoms with E-state index in [0.29, 0.717) is 35.4 Å². The normalized spacial score (nSPS) is 19.9. The molecule has 1 amide bonds. The van der Waals surface area contributed by atoms with E-state index < -0.39 is 35.2 Å². The number of hydrogen-bond donors (Lipinski definition) is 2. The van der Waals surface area contributed by atoms with E-state index in [-0.39, 0.29) is 5.92 Å². The Morgan fingerprint density at radius 2 is 1.82 bits per heavy atom. The summed E-state index contributed by atoms with van der Waals surface area (Å²) in [4.78, 5) is 33.5. The van der Waals surface area contributed by atoms with Gasteiger partial charge in [-0.25, -0.2) is 9.38 Å². The second kappa shape index (κ2) is 10.6. The molecule has 0 aromatic heterocycles. The minimum Gasteiger partial charge on any atom is -0.392 e. The Bertz CT molecular complexity index is 1070. The third-order valence-electron chi connectivity index (χ3n) is 6.31. The van der Waals surface area contributed by atoms with E-state index >= 15 is 0 Å². The average molecular weight is 468 g/mol. The molecule has 0 radical (unpaired) electrons. The van der Waals surface area contributed by atoms with Crippen molar-refractivity contribution in [2.75, 3.05) is 11.9 Å². The predicted molar refractivity (Wildman–Crippen MR) is 132 cm³/mol. The number of carbonyl (C=O) groups excluding carboxylic acids is 2. The van der Waals surface area contributed by atoms with Gasteiger partial charge < -0.3 is 10.0 Å². The van der Waals surface area contributed by atoms with Gasteiger partial charge in [-0.05, 0) is 49.1 Å². The fraction of sp³-hybridized carbons (Fsp3) is 0.444. The van der Waals surface area contributed by atoms with Gasteiger partial charge in [-0.1, -0.05) is 51.8 Å².